The number of primary sulfonamides is 1. The zero-order valence-electron chi connectivity index (χ0n) is 8.15. The maximum atomic E-state index is 10.9. The topological polar surface area (TPSA) is 69.4 Å². The van der Waals surface area contributed by atoms with E-state index >= 15 is 0 Å². The van der Waals surface area contributed by atoms with Crippen LogP contribution >= 0.6 is 0 Å². The normalized spacial score (nSPS) is 11.4. The fourth-order valence-corrected chi connectivity index (χ4v) is 1.93. The molecule has 0 atom stereocenters. The number of ether oxygens (including phenoxy) is 1. The van der Waals surface area contributed by atoms with Crippen molar-refractivity contribution in [1.29, 1.82) is 0 Å². The Morgan fingerprint density at radius 3 is 2.50 bits per heavy atom. The van der Waals surface area contributed by atoms with Gasteiger partial charge in [-0.1, -0.05) is 6.07 Å². The molecule has 0 aliphatic rings. The summed E-state index contributed by atoms with van der Waals surface area (Å²) >= 11 is 0. The van der Waals surface area contributed by atoms with Crippen molar-refractivity contribution in [3.05, 3.63) is 29.3 Å². The van der Waals surface area contributed by atoms with E-state index in [1.54, 1.807) is 25.3 Å². The maximum Gasteiger partial charge on any atom is 0.213 e. The quantitative estimate of drug-likeness (QED) is 0.810. The van der Waals surface area contributed by atoms with Crippen LogP contribution < -0.4 is 9.88 Å². The minimum absolute atomic E-state index is 0.136. The Bertz CT molecular complexity index is 426. The average molecular weight is 215 g/mol. The van der Waals surface area contributed by atoms with Crippen molar-refractivity contribution >= 4 is 10.0 Å². The number of sulfonamides is 1. The zero-order valence-corrected chi connectivity index (χ0v) is 8.97. The lowest BCUT2D eigenvalue weighted by Crippen LogP contribution is -2.15. The second-order valence-electron chi connectivity index (χ2n) is 3.10. The highest BCUT2D eigenvalue weighted by molar-refractivity contribution is 7.88. The first kappa shape index (κ1) is 11.0. The van der Waals surface area contributed by atoms with Gasteiger partial charge in [0, 0.05) is 0 Å². The van der Waals surface area contributed by atoms with Gasteiger partial charge >= 0.3 is 0 Å². The van der Waals surface area contributed by atoms with Crippen LogP contribution in [0, 0.1) is 6.92 Å². The zero-order chi connectivity index (χ0) is 10.8. The highest BCUT2D eigenvalue weighted by atomic mass is 32.2. The first-order valence-electron chi connectivity index (χ1n) is 4.06. The maximum absolute atomic E-state index is 10.9. The first-order valence-corrected chi connectivity index (χ1v) is 5.78. The Balaban J connectivity index is 3.01. The predicted molar refractivity (Wildman–Crippen MR) is 54.5 cm³/mol. The molecule has 1 aromatic rings. The number of hydrogen-bond donors (Lipinski definition) is 1. The molecule has 0 radical (unpaired) electrons. The highest BCUT2D eigenvalue weighted by Crippen LogP contribution is 2.17. The fourth-order valence-electron chi connectivity index (χ4n) is 1.17. The van der Waals surface area contributed by atoms with E-state index in [9.17, 15) is 8.42 Å². The molecule has 0 heterocycles. The number of methoxy groups -OCH3 is 1. The third-order valence-electron chi connectivity index (χ3n) is 1.91. The second kappa shape index (κ2) is 3.98. The molecule has 4 nitrogen and oxygen atoms in total. The van der Waals surface area contributed by atoms with Crippen LogP contribution in [0.1, 0.15) is 11.1 Å². The van der Waals surface area contributed by atoms with Gasteiger partial charge in [0.2, 0.25) is 10.0 Å². The summed E-state index contributed by atoms with van der Waals surface area (Å²) in [5, 5.41) is 4.95. The molecule has 5 heteroatoms. The predicted octanol–water partition coefficient (Wildman–Crippen LogP) is 0.792. The Kier molecular flexibility index (Phi) is 3.13. The van der Waals surface area contributed by atoms with E-state index in [4.69, 9.17) is 9.88 Å². The number of hydrogen-bond acceptors (Lipinski definition) is 3. The highest BCUT2D eigenvalue weighted by Gasteiger charge is 2.07. The lowest BCUT2D eigenvalue weighted by molar-refractivity contribution is 0.414. The molecule has 78 valence electrons. The molecule has 0 aromatic heterocycles. The average Bonchev–Trinajstić information content (AvgIpc) is 2.06. The molecular weight excluding hydrogens is 202 g/mol. The van der Waals surface area contributed by atoms with E-state index in [1.165, 1.54) is 0 Å². The van der Waals surface area contributed by atoms with Crippen LogP contribution in [0.3, 0.4) is 0 Å². The van der Waals surface area contributed by atoms with Crippen molar-refractivity contribution < 1.29 is 13.2 Å². The van der Waals surface area contributed by atoms with Gasteiger partial charge in [-0.15, -0.1) is 0 Å². The van der Waals surface area contributed by atoms with E-state index in [1.807, 2.05) is 6.92 Å². The molecule has 0 amide bonds. The van der Waals surface area contributed by atoms with Crippen molar-refractivity contribution in [2.24, 2.45) is 5.14 Å². The van der Waals surface area contributed by atoms with Gasteiger partial charge in [0.15, 0.2) is 0 Å². The van der Waals surface area contributed by atoms with Crippen molar-refractivity contribution in [2.75, 3.05) is 7.11 Å². The largest absolute Gasteiger partial charge is 0.497 e. The molecular formula is C9H13NO3S. The van der Waals surface area contributed by atoms with Gasteiger partial charge < -0.3 is 4.74 Å². The van der Waals surface area contributed by atoms with E-state index < -0.39 is 10.0 Å². The summed E-state index contributed by atoms with van der Waals surface area (Å²) < 4.78 is 26.7. The molecule has 0 bridgehead atoms. The lowest BCUT2D eigenvalue weighted by atomic mass is 10.1. The standard InChI is InChI=1S/C9H13NO3S/c1-7-5-9(13-2)4-3-8(7)6-14(10,11)12/h3-5H,6H2,1-2H3,(H2,10,11,12). The number of nitrogens with two attached hydrogens (primary N) is 1. The van der Waals surface area contributed by atoms with Gasteiger partial charge in [0.25, 0.3) is 0 Å². The van der Waals surface area contributed by atoms with Crippen molar-refractivity contribution in [3.8, 4) is 5.75 Å². The molecule has 1 rings (SSSR count). The summed E-state index contributed by atoms with van der Waals surface area (Å²) in [7, 11) is -1.90. The van der Waals surface area contributed by atoms with E-state index in [2.05, 4.69) is 0 Å². The van der Waals surface area contributed by atoms with Crippen LogP contribution in [-0.2, 0) is 15.8 Å². The van der Waals surface area contributed by atoms with Crippen LogP contribution in [0.4, 0.5) is 0 Å². The Morgan fingerprint density at radius 1 is 1.43 bits per heavy atom. The SMILES string of the molecule is COc1ccc(CS(N)(=O)=O)c(C)c1. The molecule has 0 saturated heterocycles. The number of aryl methyl sites for hydroxylation is 1. The third-order valence-corrected chi connectivity index (χ3v) is 2.62. The summed E-state index contributed by atoms with van der Waals surface area (Å²) in [6.45, 7) is 1.82. The molecule has 0 aliphatic heterocycles. The molecule has 0 saturated carbocycles. The van der Waals surface area contributed by atoms with E-state index in [0.717, 1.165) is 5.56 Å². The third kappa shape index (κ3) is 3.01. The Labute approximate surface area is 83.7 Å². The first-order chi connectivity index (χ1) is 6.42. The molecule has 0 aliphatic carbocycles. The number of rotatable bonds is 3. The summed E-state index contributed by atoms with van der Waals surface area (Å²) in [5.41, 5.74) is 1.56. The molecule has 0 unspecified atom stereocenters. The van der Waals surface area contributed by atoms with Crippen LogP contribution in [0.2, 0.25) is 0 Å². The molecule has 14 heavy (non-hydrogen) atoms. The van der Waals surface area contributed by atoms with Gasteiger partial charge in [0.05, 0.1) is 12.9 Å². The molecule has 2 N–H and O–H groups in total. The Morgan fingerprint density at radius 2 is 2.07 bits per heavy atom. The Hall–Kier alpha value is -1.07. The summed E-state index contributed by atoms with van der Waals surface area (Å²) in [6.07, 6.45) is 0. The van der Waals surface area contributed by atoms with E-state index in [0.29, 0.717) is 11.3 Å². The second-order valence-corrected chi connectivity index (χ2v) is 4.71. The smallest absolute Gasteiger partial charge is 0.213 e. The minimum Gasteiger partial charge on any atom is -0.497 e. The molecule has 0 spiro atoms. The number of benzene rings is 1. The van der Waals surface area contributed by atoms with Crippen molar-refractivity contribution in [2.45, 2.75) is 12.7 Å². The van der Waals surface area contributed by atoms with Crippen molar-refractivity contribution in [1.82, 2.24) is 0 Å². The van der Waals surface area contributed by atoms with Gasteiger partial charge in [-0.25, -0.2) is 13.6 Å². The van der Waals surface area contributed by atoms with Crippen LogP contribution in [-0.4, -0.2) is 15.5 Å². The van der Waals surface area contributed by atoms with Gasteiger partial charge in [-0.2, -0.15) is 0 Å². The summed E-state index contributed by atoms with van der Waals surface area (Å²) in [5.74, 6) is 0.573. The van der Waals surface area contributed by atoms with Crippen LogP contribution in [0.25, 0.3) is 0 Å². The van der Waals surface area contributed by atoms with Crippen LogP contribution in [0.15, 0.2) is 18.2 Å². The fraction of sp³-hybridized carbons (Fsp3) is 0.333. The lowest BCUT2D eigenvalue weighted by Gasteiger charge is -2.06. The summed E-state index contributed by atoms with van der Waals surface area (Å²) in [4.78, 5) is 0. The van der Waals surface area contributed by atoms with Gasteiger partial charge in [-0.05, 0) is 30.2 Å². The van der Waals surface area contributed by atoms with Gasteiger partial charge in [0.1, 0.15) is 5.75 Å². The van der Waals surface area contributed by atoms with Gasteiger partial charge in [-0.3, -0.25) is 0 Å². The molecule has 0 fully saturated rings. The van der Waals surface area contributed by atoms with Crippen molar-refractivity contribution in [3.63, 3.8) is 0 Å². The summed E-state index contributed by atoms with van der Waals surface area (Å²) in [6, 6.07) is 5.20. The monoisotopic (exact) mass is 215 g/mol. The van der Waals surface area contributed by atoms with E-state index in [-0.39, 0.29) is 5.75 Å². The molecule has 1 aromatic carbocycles. The minimum atomic E-state index is -3.46. The van der Waals surface area contributed by atoms with Crippen LogP contribution in [0.5, 0.6) is 5.75 Å².